The Labute approximate surface area is 144 Å². The summed E-state index contributed by atoms with van der Waals surface area (Å²) >= 11 is 0. The zero-order chi connectivity index (χ0) is 18.7. The molecule has 2 aromatic carbocycles. The minimum atomic E-state index is -4.78. The second kappa shape index (κ2) is 6.87. The van der Waals surface area contributed by atoms with Gasteiger partial charge in [0.1, 0.15) is 12.3 Å². The van der Waals surface area contributed by atoms with Gasteiger partial charge in [-0.05, 0) is 36.4 Å². The van der Waals surface area contributed by atoms with Gasteiger partial charge in [-0.25, -0.2) is 4.98 Å². The number of para-hydroxylation sites is 2. The van der Waals surface area contributed by atoms with Crippen molar-refractivity contribution in [3.05, 3.63) is 65.1 Å². The van der Waals surface area contributed by atoms with Gasteiger partial charge in [0, 0.05) is 5.69 Å². The van der Waals surface area contributed by atoms with E-state index in [1.807, 2.05) is 0 Å². The molecule has 1 heterocycles. The number of hydrogen-bond donors (Lipinski definition) is 1. The third-order valence-corrected chi connectivity index (χ3v) is 3.43. The van der Waals surface area contributed by atoms with E-state index in [1.165, 1.54) is 16.7 Å². The Bertz CT molecular complexity index is 998. The molecule has 9 heteroatoms. The monoisotopic (exact) mass is 363 g/mol. The Hall–Kier alpha value is -3.36. The van der Waals surface area contributed by atoms with E-state index in [1.54, 1.807) is 24.3 Å². The van der Waals surface area contributed by atoms with Crippen LogP contribution in [0.1, 0.15) is 0 Å². The number of benzene rings is 2. The quantitative estimate of drug-likeness (QED) is 0.774. The number of nitrogens with one attached hydrogen (secondary N) is 1. The molecule has 0 fully saturated rings. The van der Waals surface area contributed by atoms with E-state index in [9.17, 15) is 22.8 Å². The summed E-state index contributed by atoms with van der Waals surface area (Å²) in [5.41, 5.74) is 0.904. The lowest BCUT2D eigenvalue weighted by Gasteiger charge is -2.11. The predicted molar refractivity (Wildman–Crippen MR) is 87.8 cm³/mol. The molecule has 3 rings (SSSR count). The summed E-state index contributed by atoms with van der Waals surface area (Å²) in [5, 5.41) is 2.52. The van der Waals surface area contributed by atoms with E-state index in [0.717, 1.165) is 18.3 Å². The number of carbonyl (C=O) groups excluding carboxylic acids is 1. The van der Waals surface area contributed by atoms with Gasteiger partial charge in [-0.2, -0.15) is 0 Å². The van der Waals surface area contributed by atoms with Gasteiger partial charge in [-0.1, -0.05) is 12.1 Å². The van der Waals surface area contributed by atoms with E-state index in [0.29, 0.717) is 11.0 Å². The highest BCUT2D eigenvalue weighted by Gasteiger charge is 2.30. The van der Waals surface area contributed by atoms with Crippen LogP contribution in [0.3, 0.4) is 0 Å². The van der Waals surface area contributed by atoms with Gasteiger partial charge in [0.25, 0.3) is 5.56 Å². The largest absolute Gasteiger partial charge is 0.573 e. The van der Waals surface area contributed by atoms with E-state index in [-0.39, 0.29) is 12.2 Å². The molecule has 0 atom stereocenters. The van der Waals surface area contributed by atoms with Crippen LogP contribution < -0.4 is 15.6 Å². The van der Waals surface area contributed by atoms with E-state index in [2.05, 4.69) is 15.0 Å². The van der Waals surface area contributed by atoms with Gasteiger partial charge in [-0.3, -0.25) is 14.2 Å². The van der Waals surface area contributed by atoms with Crippen LogP contribution in [-0.2, 0) is 11.3 Å². The lowest BCUT2D eigenvalue weighted by atomic mass is 10.3. The van der Waals surface area contributed by atoms with Crippen LogP contribution >= 0.6 is 0 Å². The molecular weight excluding hydrogens is 351 g/mol. The van der Waals surface area contributed by atoms with Gasteiger partial charge in [-0.15, -0.1) is 13.2 Å². The summed E-state index contributed by atoms with van der Waals surface area (Å²) in [6.45, 7) is -0.261. The van der Waals surface area contributed by atoms with Gasteiger partial charge in [0.15, 0.2) is 0 Å². The molecular formula is C17H12F3N3O3. The van der Waals surface area contributed by atoms with Crippen LogP contribution in [0.25, 0.3) is 11.0 Å². The van der Waals surface area contributed by atoms with Crippen LogP contribution in [0, 0.1) is 0 Å². The Morgan fingerprint density at radius 1 is 1.12 bits per heavy atom. The first-order chi connectivity index (χ1) is 12.3. The number of amides is 1. The summed E-state index contributed by atoms with van der Waals surface area (Å²) in [7, 11) is 0. The molecule has 0 saturated heterocycles. The zero-order valence-electron chi connectivity index (χ0n) is 13.2. The Morgan fingerprint density at radius 3 is 2.50 bits per heavy atom. The summed E-state index contributed by atoms with van der Waals surface area (Å²) in [6.07, 6.45) is -3.66. The molecule has 0 saturated carbocycles. The average Bonchev–Trinajstić information content (AvgIpc) is 2.58. The molecule has 134 valence electrons. The van der Waals surface area contributed by atoms with Crippen molar-refractivity contribution in [3.8, 4) is 5.75 Å². The van der Waals surface area contributed by atoms with E-state index in [4.69, 9.17) is 0 Å². The number of carbonyl (C=O) groups is 1. The molecule has 1 N–H and O–H groups in total. The Kier molecular flexibility index (Phi) is 4.61. The van der Waals surface area contributed by atoms with Crippen molar-refractivity contribution >= 4 is 22.6 Å². The Morgan fingerprint density at radius 2 is 1.81 bits per heavy atom. The first kappa shape index (κ1) is 17.5. The van der Waals surface area contributed by atoms with Crippen LogP contribution in [0.15, 0.2) is 59.5 Å². The molecule has 6 nitrogen and oxygen atoms in total. The normalized spacial score (nSPS) is 11.3. The van der Waals surface area contributed by atoms with Crippen molar-refractivity contribution in [3.63, 3.8) is 0 Å². The molecule has 0 aliphatic heterocycles. The SMILES string of the molecule is O=C(Cn1c(=O)cnc2ccccc21)Nc1ccc(OC(F)(F)F)cc1. The maximum Gasteiger partial charge on any atom is 0.573 e. The molecule has 3 aromatic rings. The van der Waals surface area contributed by atoms with Gasteiger partial charge in [0.05, 0.1) is 17.2 Å². The predicted octanol–water partition coefficient (Wildman–Crippen LogP) is 2.93. The zero-order valence-corrected chi connectivity index (χ0v) is 13.2. The summed E-state index contributed by atoms with van der Waals surface area (Å²) in [4.78, 5) is 28.2. The van der Waals surface area contributed by atoms with Gasteiger partial charge in [0.2, 0.25) is 5.91 Å². The number of halogens is 3. The smallest absolute Gasteiger partial charge is 0.406 e. The molecule has 0 aliphatic carbocycles. The lowest BCUT2D eigenvalue weighted by molar-refractivity contribution is -0.274. The first-order valence-electron chi connectivity index (χ1n) is 7.42. The second-order valence-electron chi connectivity index (χ2n) is 5.29. The molecule has 0 aliphatic rings. The maximum atomic E-state index is 12.2. The molecule has 0 radical (unpaired) electrons. The number of rotatable bonds is 4. The summed E-state index contributed by atoms with van der Waals surface area (Å²) < 4.78 is 41.4. The van der Waals surface area contributed by atoms with Crippen molar-refractivity contribution < 1.29 is 22.7 Å². The van der Waals surface area contributed by atoms with Crippen molar-refractivity contribution in [2.75, 3.05) is 5.32 Å². The molecule has 1 amide bonds. The number of fused-ring (bicyclic) bond motifs is 1. The number of nitrogens with zero attached hydrogens (tertiary/aromatic N) is 2. The molecule has 0 bridgehead atoms. The topological polar surface area (TPSA) is 73.2 Å². The van der Waals surface area contributed by atoms with Crippen LogP contribution in [0.5, 0.6) is 5.75 Å². The van der Waals surface area contributed by atoms with Crippen molar-refractivity contribution in [1.29, 1.82) is 0 Å². The van der Waals surface area contributed by atoms with Crippen molar-refractivity contribution in [2.24, 2.45) is 0 Å². The molecule has 1 aromatic heterocycles. The first-order valence-corrected chi connectivity index (χ1v) is 7.42. The number of ether oxygens (including phenoxy) is 1. The fourth-order valence-corrected chi connectivity index (χ4v) is 2.36. The average molecular weight is 363 g/mol. The highest BCUT2D eigenvalue weighted by atomic mass is 19.4. The Balaban J connectivity index is 1.74. The van der Waals surface area contributed by atoms with Crippen LogP contribution in [0.4, 0.5) is 18.9 Å². The standard InChI is InChI=1S/C17H12F3N3O3/c18-17(19,20)26-12-7-5-11(6-8-12)22-15(24)10-23-14-4-2-1-3-13(14)21-9-16(23)25/h1-9H,10H2,(H,22,24). The minimum Gasteiger partial charge on any atom is -0.406 e. The maximum absolute atomic E-state index is 12.2. The molecule has 26 heavy (non-hydrogen) atoms. The van der Waals surface area contributed by atoms with Crippen LogP contribution in [0.2, 0.25) is 0 Å². The third kappa shape index (κ3) is 4.18. The van der Waals surface area contributed by atoms with Crippen molar-refractivity contribution in [2.45, 2.75) is 12.9 Å². The third-order valence-electron chi connectivity index (χ3n) is 3.43. The molecule has 0 unspecified atom stereocenters. The number of alkyl halides is 3. The fourth-order valence-electron chi connectivity index (χ4n) is 2.36. The summed E-state index contributed by atoms with van der Waals surface area (Å²) in [5.74, 6) is -0.903. The fraction of sp³-hybridized carbons (Fsp3) is 0.118. The highest BCUT2D eigenvalue weighted by Crippen LogP contribution is 2.24. The summed E-state index contributed by atoms with van der Waals surface area (Å²) in [6, 6.07) is 11.6. The highest BCUT2D eigenvalue weighted by molar-refractivity contribution is 5.91. The van der Waals surface area contributed by atoms with E-state index < -0.39 is 23.6 Å². The molecule has 0 spiro atoms. The van der Waals surface area contributed by atoms with Gasteiger partial charge < -0.3 is 10.1 Å². The minimum absolute atomic E-state index is 0.261. The number of hydrogen-bond acceptors (Lipinski definition) is 4. The number of anilines is 1. The van der Waals surface area contributed by atoms with E-state index >= 15 is 0 Å². The van der Waals surface area contributed by atoms with Crippen molar-refractivity contribution in [1.82, 2.24) is 9.55 Å². The van der Waals surface area contributed by atoms with Gasteiger partial charge >= 0.3 is 6.36 Å². The van der Waals surface area contributed by atoms with Crippen LogP contribution in [-0.4, -0.2) is 21.8 Å². The second-order valence-corrected chi connectivity index (χ2v) is 5.29. The lowest BCUT2D eigenvalue weighted by Crippen LogP contribution is -2.28. The number of aromatic nitrogens is 2.